The second-order valence-electron chi connectivity index (χ2n) is 8.17. The number of fused-ring (bicyclic) bond motifs is 2. The zero-order chi connectivity index (χ0) is 21.5. The van der Waals surface area contributed by atoms with Gasteiger partial charge in [-0.3, -0.25) is 19.7 Å². The Labute approximate surface area is 179 Å². The Morgan fingerprint density at radius 3 is 2.74 bits per heavy atom. The molecule has 0 radical (unpaired) electrons. The molecule has 31 heavy (non-hydrogen) atoms. The number of nitrogens with one attached hydrogen (secondary N) is 1. The highest BCUT2D eigenvalue weighted by molar-refractivity contribution is 6.05. The van der Waals surface area contributed by atoms with Gasteiger partial charge in [-0.25, -0.2) is 0 Å². The normalized spacial score (nSPS) is 20.3. The maximum Gasteiger partial charge on any atom is 0.255 e. The van der Waals surface area contributed by atoms with Gasteiger partial charge in [-0.15, -0.1) is 0 Å². The fraction of sp³-hybridized carbons (Fsp3) is 0.348. The Hall–Kier alpha value is -3.39. The van der Waals surface area contributed by atoms with E-state index in [1.54, 1.807) is 4.90 Å². The Balaban J connectivity index is 1.36. The number of rotatable bonds is 4. The molecule has 3 amide bonds. The molecule has 3 heterocycles. The van der Waals surface area contributed by atoms with Crippen molar-refractivity contribution in [1.29, 1.82) is 0 Å². The van der Waals surface area contributed by atoms with E-state index in [0.29, 0.717) is 38.2 Å². The van der Waals surface area contributed by atoms with Gasteiger partial charge in [-0.05, 0) is 41.3 Å². The lowest BCUT2D eigenvalue weighted by molar-refractivity contribution is -0.136. The Bertz CT molecular complexity index is 1080. The van der Waals surface area contributed by atoms with E-state index >= 15 is 0 Å². The molecule has 1 fully saturated rings. The highest BCUT2D eigenvalue weighted by Crippen LogP contribution is 2.34. The Kier molecular flexibility index (Phi) is 4.86. The van der Waals surface area contributed by atoms with Crippen LogP contribution in [-0.4, -0.2) is 41.8 Å². The number of anilines is 1. The third-order valence-corrected chi connectivity index (χ3v) is 6.18. The molecular weight excluding hydrogens is 396 g/mol. The van der Waals surface area contributed by atoms with Gasteiger partial charge in [0.25, 0.3) is 5.91 Å². The Morgan fingerprint density at radius 2 is 1.94 bits per heavy atom. The fourth-order valence-electron chi connectivity index (χ4n) is 4.56. The summed E-state index contributed by atoms with van der Waals surface area (Å²) in [6, 6.07) is 11.3. The standard InChI is InChI=1S/C23H24N4O4/c24-11-14-2-5-20-19(10-14)26(7-8-31-20)12-15-1-3-17-16(9-15)13-27(23(17)30)18-4-6-21(28)25-22(18)29/h1-3,5,9-10,18H,4,6-8,11-13,24H2,(H,25,28,29). The lowest BCUT2D eigenvalue weighted by atomic mass is 10.0. The van der Waals surface area contributed by atoms with Crippen LogP contribution in [0.4, 0.5) is 5.69 Å². The maximum absolute atomic E-state index is 12.9. The summed E-state index contributed by atoms with van der Waals surface area (Å²) < 4.78 is 5.78. The third-order valence-electron chi connectivity index (χ3n) is 6.18. The summed E-state index contributed by atoms with van der Waals surface area (Å²) in [5.74, 6) is 0.0266. The van der Waals surface area contributed by atoms with Gasteiger partial charge in [-0.1, -0.05) is 18.2 Å². The van der Waals surface area contributed by atoms with Gasteiger partial charge in [-0.2, -0.15) is 0 Å². The Morgan fingerprint density at radius 1 is 1.10 bits per heavy atom. The van der Waals surface area contributed by atoms with Crippen molar-refractivity contribution in [2.24, 2.45) is 5.73 Å². The van der Waals surface area contributed by atoms with Gasteiger partial charge in [0.05, 0.1) is 12.2 Å². The van der Waals surface area contributed by atoms with Crippen LogP contribution in [0, 0.1) is 0 Å². The number of hydrogen-bond donors (Lipinski definition) is 2. The number of hydrogen-bond acceptors (Lipinski definition) is 6. The topological polar surface area (TPSA) is 105 Å². The average Bonchev–Trinajstić information content (AvgIpc) is 3.09. The first-order valence-electron chi connectivity index (χ1n) is 10.5. The van der Waals surface area contributed by atoms with Crippen LogP contribution in [0.3, 0.4) is 0 Å². The monoisotopic (exact) mass is 420 g/mol. The minimum Gasteiger partial charge on any atom is -0.490 e. The summed E-state index contributed by atoms with van der Waals surface area (Å²) in [6.45, 7) is 2.91. The predicted octanol–water partition coefficient (Wildman–Crippen LogP) is 1.31. The molecule has 3 N–H and O–H groups in total. The fourth-order valence-corrected chi connectivity index (χ4v) is 4.56. The molecule has 2 aromatic rings. The largest absolute Gasteiger partial charge is 0.490 e. The minimum absolute atomic E-state index is 0.152. The van der Waals surface area contributed by atoms with Crippen LogP contribution in [-0.2, 0) is 29.2 Å². The van der Waals surface area contributed by atoms with Gasteiger partial charge in [0, 0.05) is 31.6 Å². The molecule has 1 saturated heterocycles. The molecule has 8 nitrogen and oxygen atoms in total. The van der Waals surface area contributed by atoms with E-state index < -0.39 is 11.9 Å². The number of ether oxygens (including phenoxy) is 1. The van der Waals surface area contributed by atoms with Gasteiger partial charge in [0.1, 0.15) is 18.4 Å². The van der Waals surface area contributed by atoms with Crippen LogP contribution < -0.4 is 20.7 Å². The molecule has 160 valence electrons. The molecule has 3 aliphatic rings. The van der Waals surface area contributed by atoms with E-state index in [1.807, 2.05) is 30.3 Å². The van der Waals surface area contributed by atoms with Crippen molar-refractivity contribution in [1.82, 2.24) is 10.2 Å². The van der Waals surface area contributed by atoms with Crippen molar-refractivity contribution in [2.45, 2.75) is 38.5 Å². The summed E-state index contributed by atoms with van der Waals surface area (Å²) >= 11 is 0. The lowest BCUT2D eigenvalue weighted by Gasteiger charge is -2.32. The molecule has 5 rings (SSSR count). The van der Waals surface area contributed by atoms with Crippen molar-refractivity contribution in [3.8, 4) is 5.75 Å². The first-order chi connectivity index (χ1) is 15.0. The summed E-state index contributed by atoms with van der Waals surface area (Å²) in [5.41, 5.74) is 10.5. The zero-order valence-corrected chi connectivity index (χ0v) is 17.1. The highest BCUT2D eigenvalue weighted by atomic mass is 16.5. The van der Waals surface area contributed by atoms with Crippen molar-refractivity contribution in [3.05, 3.63) is 58.7 Å². The highest BCUT2D eigenvalue weighted by Gasteiger charge is 2.39. The van der Waals surface area contributed by atoms with Crippen LogP contribution >= 0.6 is 0 Å². The molecule has 0 spiro atoms. The number of carbonyl (C=O) groups is 3. The van der Waals surface area contributed by atoms with E-state index in [4.69, 9.17) is 10.5 Å². The van der Waals surface area contributed by atoms with E-state index in [0.717, 1.165) is 34.7 Å². The maximum atomic E-state index is 12.9. The predicted molar refractivity (Wildman–Crippen MR) is 113 cm³/mol. The summed E-state index contributed by atoms with van der Waals surface area (Å²) in [7, 11) is 0. The SMILES string of the molecule is NCc1ccc2c(c1)N(Cc1ccc3c(c1)CN(C1CCC(=O)NC1=O)C3=O)CCO2. The molecule has 1 unspecified atom stereocenters. The quantitative estimate of drug-likeness (QED) is 0.723. The number of piperidine rings is 1. The number of nitrogens with two attached hydrogens (primary N) is 1. The van der Waals surface area contributed by atoms with Crippen LogP contribution in [0.5, 0.6) is 5.75 Å². The zero-order valence-electron chi connectivity index (χ0n) is 17.1. The molecule has 8 heteroatoms. The smallest absolute Gasteiger partial charge is 0.255 e. The minimum atomic E-state index is -0.596. The molecule has 2 aromatic carbocycles. The molecule has 0 aromatic heterocycles. The van der Waals surface area contributed by atoms with Crippen molar-refractivity contribution in [3.63, 3.8) is 0 Å². The van der Waals surface area contributed by atoms with Gasteiger partial charge in [0.2, 0.25) is 11.8 Å². The number of amides is 3. The van der Waals surface area contributed by atoms with Gasteiger partial charge >= 0.3 is 0 Å². The summed E-state index contributed by atoms with van der Waals surface area (Å²) in [6.07, 6.45) is 0.619. The van der Waals surface area contributed by atoms with Gasteiger partial charge in [0.15, 0.2) is 0 Å². The van der Waals surface area contributed by atoms with Crippen molar-refractivity contribution in [2.75, 3.05) is 18.1 Å². The number of nitrogens with zero attached hydrogens (tertiary/aromatic N) is 2. The lowest BCUT2D eigenvalue weighted by Crippen LogP contribution is -2.52. The summed E-state index contributed by atoms with van der Waals surface area (Å²) in [5, 5.41) is 2.34. The van der Waals surface area contributed by atoms with Crippen LogP contribution in [0.15, 0.2) is 36.4 Å². The van der Waals surface area contributed by atoms with E-state index in [-0.39, 0.29) is 18.2 Å². The average molecular weight is 420 g/mol. The van der Waals surface area contributed by atoms with Crippen molar-refractivity contribution < 1.29 is 19.1 Å². The second-order valence-corrected chi connectivity index (χ2v) is 8.17. The van der Waals surface area contributed by atoms with Crippen molar-refractivity contribution >= 4 is 23.4 Å². The molecule has 0 aliphatic carbocycles. The molecule has 0 bridgehead atoms. The van der Waals surface area contributed by atoms with Crippen LogP contribution in [0.2, 0.25) is 0 Å². The summed E-state index contributed by atoms with van der Waals surface area (Å²) in [4.78, 5) is 40.4. The van der Waals surface area contributed by atoms with E-state index in [2.05, 4.69) is 16.3 Å². The second kappa shape index (κ2) is 7.70. The number of imide groups is 1. The molecule has 3 aliphatic heterocycles. The van der Waals surface area contributed by atoms with E-state index in [1.165, 1.54) is 0 Å². The molecular formula is C23H24N4O4. The van der Waals surface area contributed by atoms with Crippen LogP contribution in [0.25, 0.3) is 0 Å². The van der Waals surface area contributed by atoms with Crippen LogP contribution in [0.1, 0.15) is 39.9 Å². The first-order valence-corrected chi connectivity index (χ1v) is 10.5. The van der Waals surface area contributed by atoms with E-state index in [9.17, 15) is 14.4 Å². The number of benzene rings is 2. The van der Waals surface area contributed by atoms with Gasteiger partial charge < -0.3 is 20.3 Å². The third kappa shape index (κ3) is 3.53. The number of carbonyl (C=O) groups excluding carboxylic acids is 3. The molecule has 1 atom stereocenters. The first kappa shape index (κ1) is 19.6. The molecule has 0 saturated carbocycles.